The van der Waals surface area contributed by atoms with E-state index in [-0.39, 0.29) is 11.9 Å². The van der Waals surface area contributed by atoms with Gasteiger partial charge in [-0.25, -0.2) is 0 Å². The fourth-order valence-electron chi connectivity index (χ4n) is 3.92. The first-order chi connectivity index (χ1) is 12.3. The number of carbonyl (C=O) groups is 1. The normalized spacial score (nSPS) is 24.1. The predicted octanol–water partition coefficient (Wildman–Crippen LogP) is 2.03. The van der Waals surface area contributed by atoms with Crippen molar-refractivity contribution in [3.8, 4) is 0 Å². The van der Waals surface area contributed by atoms with Crippen LogP contribution in [0.25, 0.3) is 0 Å². The molecule has 2 bridgehead atoms. The van der Waals surface area contributed by atoms with Crippen molar-refractivity contribution >= 4 is 5.91 Å². The molecule has 2 fully saturated rings. The third-order valence-electron chi connectivity index (χ3n) is 5.23. The standard InChI is InChI=1S/C20H25N3O2/c24-20(19-7-4-9-21-19)23-12-17-11-22(18(13-23)15-25-14-17)10-8-16-5-2-1-3-6-16/h1-7,9,17-18,21H,8,10-15H2/t17-,18+/m1/s1. The van der Waals surface area contributed by atoms with E-state index in [0.717, 1.165) is 39.2 Å². The molecular weight excluding hydrogens is 314 g/mol. The van der Waals surface area contributed by atoms with Gasteiger partial charge in [-0.1, -0.05) is 30.3 Å². The molecule has 0 unspecified atom stereocenters. The van der Waals surface area contributed by atoms with Gasteiger partial charge in [0.1, 0.15) is 5.69 Å². The maximum Gasteiger partial charge on any atom is 0.270 e. The van der Waals surface area contributed by atoms with Crippen LogP contribution in [0.2, 0.25) is 0 Å². The van der Waals surface area contributed by atoms with Gasteiger partial charge < -0.3 is 14.6 Å². The molecule has 2 aliphatic rings. The van der Waals surface area contributed by atoms with Crippen molar-refractivity contribution in [2.75, 3.05) is 39.4 Å². The fourth-order valence-corrected chi connectivity index (χ4v) is 3.92. The zero-order valence-electron chi connectivity index (χ0n) is 14.4. The number of hydrogen-bond donors (Lipinski definition) is 1. The van der Waals surface area contributed by atoms with E-state index in [0.29, 0.717) is 18.2 Å². The van der Waals surface area contributed by atoms with Crippen LogP contribution in [0.15, 0.2) is 48.7 Å². The van der Waals surface area contributed by atoms with Crippen molar-refractivity contribution < 1.29 is 9.53 Å². The number of rotatable bonds is 4. The van der Waals surface area contributed by atoms with Crippen LogP contribution in [0, 0.1) is 5.92 Å². The van der Waals surface area contributed by atoms with E-state index in [1.54, 1.807) is 6.20 Å². The molecule has 1 aromatic heterocycles. The number of ether oxygens (including phenoxy) is 1. The van der Waals surface area contributed by atoms with Gasteiger partial charge in [0.2, 0.25) is 0 Å². The average Bonchev–Trinajstić information content (AvgIpc) is 3.02. The Morgan fingerprint density at radius 3 is 2.76 bits per heavy atom. The number of carbonyl (C=O) groups excluding carboxylic acids is 1. The number of hydrogen-bond acceptors (Lipinski definition) is 3. The minimum absolute atomic E-state index is 0.104. The topological polar surface area (TPSA) is 48.6 Å². The minimum Gasteiger partial charge on any atom is -0.379 e. The second-order valence-electron chi connectivity index (χ2n) is 7.08. The third kappa shape index (κ3) is 3.78. The van der Waals surface area contributed by atoms with Crippen molar-refractivity contribution in [1.82, 2.24) is 14.8 Å². The lowest BCUT2D eigenvalue weighted by Crippen LogP contribution is -2.46. The minimum atomic E-state index is 0.104. The molecule has 132 valence electrons. The maximum absolute atomic E-state index is 12.8. The van der Waals surface area contributed by atoms with Crippen molar-refractivity contribution in [3.05, 3.63) is 59.9 Å². The summed E-state index contributed by atoms with van der Waals surface area (Å²) < 4.78 is 5.88. The third-order valence-corrected chi connectivity index (χ3v) is 5.23. The summed E-state index contributed by atoms with van der Waals surface area (Å²) in [6.07, 6.45) is 2.84. The molecule has 0 radical (unpaired) electrons. The second kappa shape index (κ2) is 7.42. The van der Waals surface area contributed by atoms with Crippen LogP contribution in [-0.4, -0.2) is 66.1 Å². The van der Waals surface area contributed by atoms with E-state index in [4.69, 9.17) is 4.74 Å². The number of amides is 1. The molecule has 2 aliphatic heterocycles. The molecule has 0 saturated carbocycles. The molecule has 2 atom stereocenters. The molecule has 4 rings (SSSR count). The molecule has 1 aromatic carbocycles. The number of H-pyrrole nitrogens is 1. The van der Waals surface area contributed by atoms with E-state index in [1.165, 1.54) is 5.56 Å². The van der Waals surface area contributed by atoms with Gasteiger partial charge in [0.05, 0.1) is 19.3 Å². The van der Waals surface area contributed by atoms with E-state index < -0.39 is 0 Å². The Morgan fingerprint density at radius 1 is 1.08 bits per heavy atom. The highest BCUT2D eigenvalue weighted by Crippen LogP contribution is 2.21. The molecular formula is C20H25N3O2. The predicted molar refractivity (Wildman–Crippen MR) is 96.5 cm³/mol. The quantitative estimate of drug-likeness (QED) is 0.927. The highest BCUT2D eigenvalue weighted by atomic mass is 16.5. The van der Waals surface area contributed by atoms with Crippen LogP contribution in [0.4, 0.5) is 0 Å². The number of aromatic amines is 1. The first-order valence-electron chi connectivity index (χ1n) is 9.08. The van der Waals surface area contributed by atoms with E-state index in [1.807, 2.05) is 17.0 Å². The van der Waals surface area contributed by atoms with Crippen LogP contribution in [0.5, 0.6) is 0 Å². The first kappa shape index (κ1) is 16.4. The lowest BCUT2D eigenvalue weighted by Gasteiger charge is -2.31. The number of nitrogens with one attached hydrogen (secondary N) is 1. The summed E-state index contributed by atoms with van der Waals surface area (Å²) in [6, 6.07) is 14.6. The Kier molecular flexibility index (Phi) is 4.85. The highest BCUT2D eigenvalue weighted by molar-refractivity contribution is 5.92. The molecule has 2 saturated heterocycles. The largest absolute Gasteiger partial charge is 0.379 e. The summed E-state index contributed by atoms with van der Waals surface area (Å²) >= 11 is 0. The first-order valence-corrected chi connectivity index (χ1v) is 9.08. The molecule has 1 N–H and O–H groups in total. The monoisotopic (exact) mass is 339 g/mol. The smallest absolute Gasteiger partial charge is 0.270 e. The van der Waals surface area contributed by atoms with E-state index in [2.05, 4.69) is 40.2 Å². The zero-order chi connectivity index (χ0) is 17.1. The van der Waals surface area contributed by atoms with Gasteiger partial charge in [-0.2, -0.15) is 0 Å². The van der Waals surface area contributed by atoms with Crippen LogP contribution in [0.3, 0.4) is 0 Å². The van der Waals surface area contributed by atoms with Gasteiger partial charge >= 0.3 is 0 Å². The number of fused-ring (bicyclic) bond motifs is 3. The van der Waals surface area contributed by atoms with Gasteiger partial charge in [0.15, 0.2) is 0 Å². The van der Waals surface area contributed by atoms with Crippen LogP contribution in [0.1, 0.15) is 16.1 Å². The summed E-state index contributed by atoms with van der Waals surface area (Å²) in [5.74, 6) is 0.481. The van der Waals surface area contributed by atoms with Gasteiger partial charge in [-0.3, -0.25) is 9.69 Å². The zero-order valence-corrected chi connectivity index (χ0v) is 14.4. The maximum atomic E-state index is 12.8. The van der Waals surface area contributed by atoms with Crippen LogP contribution < -0.4 is 0 Å². The highest BCUT2D eigenvalue weighted by Gasteiger charge is 2.35. The summed E-state index contributed by atoms with van der Waals surface area (Å²) in [6.45, 7) is 4.98. The Bertz CT molecular complexity index is 686. The lowest BCUT2D eigenvalue weighted by atomic mass is 10.1. The summed E-state index contributed by atoms with van der Waals surface area (Å²) in [4.78, 5) is 20.3. The molecule has 5 nitrogen and oxygen atoms in total. The summed E-state index contributed by atoms with van der Waals surface area (Å²) in [5.41, 5.74) is 2.04. The van der Waals surface area contributed by atoms with Gasteiger partial charge in [0.25, 0.3) is 5.91 Å². The SMILES string of the molecule is O=C(c1ccc[nH]1)N1C[C@@H]2COC[C@H](C1)N(CCc1ccccc1)C2. The Labute approximate surface area is 148 Å². The van der Waals surface area contributed by atoms with Gasteiger partial charge in [-0.15, -0.1) is 0 Å². The Hall–Kier alpha value is -2.11. The van der Waals surface area contributed by atoms with Crippen molar-refractivity contribution in [2.45, 2.75) is 12.5 Å². The van der Waals surface area contributed by atoms with Gasteiger partial charge in [0, 0.05) is 38.3 Å². The number of benzene rings is 1. The van der Waals surface area contributed by atoms with E-state index in [9.17, 15) is 4.79 Å². The molecule has 3 heterocycles. The van der Waals surface area contributed by atoms with Crippen LogP contribution in [-0.2, 0) is 11.2 Å². The molecule has 5 heteroatoms. The molecule has 25 heavy (non-hydrogen) atoms. The second-order valence-corrected chi connectivity index (χ2v) is 7.08. The van der Waals surface area contributed by atoms with Crippen LogP contribution >= 0.6 is 0 Å². The van der Waals surface area contributed by atoms with Crippen molar-refractivity contribution in [2.24, 2.45) is 5.92 Å². The Morgan fingerprint density at radius 2 is 1.96 bits per heavy atom. The van der Waals surface area contributed by atoms with Gasteiger partial charge in [-0.05, 0) is 24.1 Å². The molecule has 0 spiro atoms. The molecule has 2 aromatic rings. The summed E-state index contributed by atoms with van der Waals surface area (Å²) in [5, 5.41) is 0. The fraction of sp³-hybridized carbons (Fsp3) is 0.450. The van der Waals surface area contributed by atoms with Crippen molar-refractivity contribution in [1.29, 1.82) is 0 Å². The summed E-state index contributed by atoms with van der Waals surface area (Å²) in [7, 11) is 0. The van der Waals surface area contributed by atoms with E-state index >= 15 is 0 Å². The lowest BCUT2D eigenvalue weighted by molar-refractivity contribution is 0.0411. The Balaban J connectivity index is 1.45. The number of aromatic nitrogens is 1. The van der Waals surface area contributed by atoms with Crippen molar-refractivity contribution in [3.63, 3.8) is 0 Å². The molecule has 0 aliphatic carbocycles. The molecule has 1 amide bonds. The number of nitrogens with zero attached hydrogens (tertiary/aromatic N) is 2. The average molecular weight is 339 g/mol.